The number of rotatable bonds is 3. The van der Waals surface area contributed by atoms with E-state index in [1.165, 1.54) is 0 Å². The maximum Gasteiger partial charge on any atom is 0.490 e. The molecular formula is C22H21F5N2O5. The summed E-state index contributed by atoms with van der Waals surface area (Å²) in [6.45, 7) is 2.98. The van der Waals surface area contributed by atoms with Gasteiger partial charge in [0.05, 0.1) is 25.9 Å². The first-order valence-electron chi connectivity index (χ1n) is 10.2. The van der Waals surface area contributed by atoms with Gasteiger partial charge in [-0.2, -0.15) is 13.2 Å². The third-order valence-electron chi connectivity index (χ3n) is 5.37. The first kappa shape index (κ1) is 25.3. The van der Waals surface area contributed by atoms with Crippen LogP contribution >= 0.6 is 0 Å². The average molecular weight is 488 g/mol. The number of ether oxygens (including phenoxy) is 2. The van der Waals surface area contributed by atoms with Gasteiger partial charge in [-0.1, -0.05) is 0 Å². The topological polar surface area (TPSA) is 89.0 Å². The number of carboxylic acids is 1. The number of hydrogen-bond donors (Lipinski definition) is 1. The summed E-state index contributed by atoms with van der Waals surface area (Å²) in [5.74, 6) is -4.32. The molecule has 0 radical (unpaired) electrons. The highest BCUT2D eigenvalue weighted by molar-refractivity contribution is 5.96. The highest BCUT2D eigenvalue weighted by Crippen LogP contribution is 2.36. The first-order valence-corrected chi connectivity index (χ1v) is 10.2. The van der Waals surface area contributed by atoms with E-state index in [0.717, 1.165) is 18.6 Å². The molecule has 12 heteroatoms. The van der Waals surface area contributed by atoms with Gasteiger partial charge in [0.25, 0.3) is 5.91 Å². The Morgan fingerprint density at radius 2 is 1.88 bits per heavy atom. The van der Waals surface area contributed by atoms with Gasteiger partial charge in [-0.3, -0.25) is 9.78 Å². The number of nitrogens with zero attached hydrogens (tertiary/aromatic N) is 2. The monoisotopic (exact) mass is 488 g/mol. The minimum atomic E-state index is -5.08. The molecule has 0 bridgehead atoms. The number of carbonyl (C=O) groups is 2. The van der Waals surface area contributed by atoms with E-state index in [1.54, 1.807) is 24.2 Å². The summed E-state index contributed by atoms with van der Waals surface area (Å²) in [6, 6.07) is 5.69. The summed E-state index contributed by atoms with van der Waals surface area (Å²) < 4.78 is 70.5. The van der Waals surface area contributed by atoms with Crippen molar-refractivity contribution < 1.29 is 46.1 Å². The first-order chi connectivity index (χ1) is 15.9. The largest absolute Gasteiger partial charge is 0.490 e. The molecule has 0 saturated carbocycles. The second-order valence-electron chi connectivity index (χ2n) is 8.00. The predicted octanol–water partition coefficient (Wildman–Crippen LogP) is 3.75. The average Bonchev–Trinajstić information content (AvgIpc) is 2.75. The molecule has 0 aliphatic carbocycles. The molecule has 2 aliphatic heterocycles. The summed E-state index contributed by atoms with van der Waals surface area (Å²) in [6.07, 6.45) is -0.293. The Bertz CT molecular complexity index is 1040. The number of halogens is 5. The smallest absolute Gasteiger partial charge is 0.489 e. The number of carboxylic acid groups (broad SMARTS) is 1. The van der Waals surface area contributed by atoms with Crippen molar-refractivity contribution in [2.24, 2.45) is 0 Å². The highest BCUT2D eigenvalue weighted by Gasteiger charge is 2.50. The van der Waals surface area contributed by atoms with E-state index >= 15 is 0 Å². The van der Waals surface area contributed by atoms with Gasteiger partial charge in [0.15, 0.2) is 11.6 Å². The van der Waals surface area contributed by atoms with Gasteiger partial charge in [-0.05, 0) is 36.8 Å². The molecule has 1 atom stereocenters. The van der Waals surface area contributed by atoms with E-state index in [0.29, 0.717) is 37.4 Å². The van der Waals surface area contributed by atoms with E-state index in [1.807, 2.05) is 12.1 Å². The number of aromatic nitrogens is 1. The van der Waals surface area contributed by atoms with Gasteiger partial charge in [0, 0.05) is 24.6 Å². The fraction of sp³-hybridized carbons (Fsp3) is 0.409. The van der Waals surface area contributed by atoms with E-state index in [-0.39, 0.29) is 17.6 Å². The Kier molecular flexibility index (Phi) is 7.39. The zero-order valence-corrected chi connectivity index (χ0v) is 17.9. The molecule has 2 aliphatic rings. The fourth-order valence-corrected chi connectivity index (χ4v) is 3.75. The molecule has 2 saturated heterocycles. The molecule has 2 fully saturated rings. The van der Waals surface area contributed by atoms with Crippen molar-refractivity contribution in [3.8, 4) is 5.75 Å². The molecule has 1 unspecified atom stereocenters. The highest BCUT2D eigenvalue weighted by atomic mass is 19.4. The standard InChI is InChI=1S/C20H20F2N2O3.C2HF3O2/c1-13-7-17(21)18(22)8-16(13)19(25)24-11-20(12-24)9-14(4-6-26-20)27-15-3-2-5-23-10-15;3-2(4,5)1(6)7/h2-3,5,7-8,10,14H,4,6,9,11-12H2,1H3;(H,6,7). The van der Waals surface area contributed by atoms with Crippen LogP contribution in [0.2, 0.25) is 0 Å². The van der Waals surface area contributed by atoms with Crippen molar-refractivity contribution in [2.45, 2.75) is 37.6 Å². The van der Waals surface area contributed by atoms with Gasteiger partial charge in [0.1, 0.15) is 17.5 Å². The Balaban J connectivity index is 0.000000406. The molecule has 3 heterocycles. The van der Waals surface area contributed by atoms with Gasteiger partial charge < -0.3 is 19.5 Å². The second kappa shape index (κ2) is 9.92. The molecule has 1 spiro atoms. The maximum atomic E-state index is 13.5. The van der Waals surface area contributed by atoms with Crippen LogP contribution in [-0.2, 0) is 9.53 Å². The number of benzene rings is 1. The Morgan fingerprint density at radius 1 is 1.24 bits per heavy atom. The zero-order valence-electron chi connectivity index (χ0n) is 17.9. The number of alkyl halides is 3. The van der Waals surface area contributed by atoms with Crippen molar-refractivity contribution in [1.82, 2.24) is 9.88 Å². The van der Waals surface area contributed by atoms with Gasteiger partial charge in [-0.25, -0.2) is 13.6 Å². The normalized spacial score (nSPS) is 19.0. The lowest BCUT2D eigenvalue weighted by Gasteiger charge is -2.53. The molecule has 2 aromatic rings. The Morgan fingerprint density at radius 3 is 2.47 bits per heavy atom. The lowest BCUT2D eigenvalue weighted by atomic mass is 9.84. The number of hydrogen-bond acceptors (Lipinski definition) is 5. The van der Waals surface area contributed by atoms with Crippen molar-refractivity contribution in [1.29, 1.82) is 0 Å². The summed E-state index contributed by atoms with van der Waals surface area (Å²) in [5, 5.41) is 7.12. The van der Waals surface area contributed by atoms with Crippen LogP contribution in [0.5, 0.6) is 5.75 Å². The number of aliphatic carboxylic acids is 1. The van der Waals surface area contributed by atoms with Crippen molar-refractivity contribution in [3.05, 3.63) is 59.4 Å². The van der Waals surface area contributed by atoms with Crippen molar-refractivity contribution >= 4 is 11.9 Å². The summed E-state index contributed by atoms with van der Waals surface area (Å²) in [7, 11) is 0. The van der Waals surface area contributed by atoms with Crippen LogP contribution < -0.4 is 4.74 Å². The molecule has 4 rings (SSSR count). The van der Waals surface area contributed by atoms with Gasteiger partial charge in [-0.15, -0.1) is 0 Å². The lowest BCUT2D eigenvalue weighted by Crippen LogP contribution is -2.67. The van der Waals surface area contributed by atoms with Gasteiger partial charge in [0.2, 0.25) is 0 Å². The third kappa shape index (κ3) is 5.99. The summed E-state index contributed by atoms with van der Waals surface area (Å²) in [5.41, 5.74) is 0.165. The van der Waals surface area contributed by atoms with Crippen LogP contribution in [0.1, 0.15) is 28.8 Å². The van der Waals surface area contributed by atoms with Gasteiger partial charge >= 0.3 is 12.1 Å². The lowest BCUT2D eigenvalue weighted by molar-refractivity contribution is -0.192. The fourth-order valence-electron chi connectivity index (χ4n) is 3.75. The van der Waals surface area contributed by atoms with Crippen molar-refractivity contribution in [3.63, 3.8) is 0 Å². The van der Waals surface area contributed by atoms with Crippen LogP contribution in [-0.4, -0.2) is 64.4 Å². The quantitative estimate of drug-likeness (QED) is 0.663. The van der Waals surface area contributed by atoms with E-state index in [2.05, 4.69) is 4.98 Å². The molecule has 1 aromatic heterocycles. The number of likely N-dealkylation sites (tertiary alicyclic amines) is 1. The van der Waals surface area contributed by atoms with E-state index < -0.39 is 29.4 Å². The van der Waals surface area contributed by atoms with E-state index in [9.17, 15) is 26.7 Å². The van der Waals surface area contributed by atoms with E-state index in [4.69, 9.17) is 19.4 Å². The minimum Gasteiger partial charge on any atom is -0.489 e. The SMILES string of the molecule is Cc1cc(F)c(F)cc1C(=O)N1CC2(CC(Oc3cccnc3)CCO2)C1.O=C(O)C(F)(F)F. The molecule has 1 aromatic carbocycles. The van der Waals surface area contributed by atoms with Crippen molar-refractivity contribution in [2.75, 3.05) is 19.7 Å². The second-order valence-corrected chi connectivity index (χ2v) is 8.00. The van der Waals surface area contributed by atoms with Crippen LogP contribution in [0, 0.1) is 18.6 Å². The molecule has 1 N–H and O–H groups in total. The number of amides is 1. The number of aryl methyl sites for hydroxylation is 1. The molecular weight excluding hydrogens is 467 g/mol. The number of carbonyl (C=O) groups excluding carboxylic acids is 1. The molecule has 184 valence electrons. The Hall–Kier alpha value is -3.28. The van der Waals surface area contributed by atoms with Crippen LogP contribution in [0.25, 0.3) is 0 Å². The predicted molar refractivity (Wildman–Crippen MR) is 107 cm³/mol. The Labute approximate surface area is 191 Å². The van der Waals surface area contributed by atoms with Crippen LogP contribution in [0.3, 0.4) is 0 Å². The maximum absolute atomic E-state index is 13.5. The molecule has 1 amide bonds. The minimum absolute atomic E-state index is 0.00907. The van der Waals surface area contributed by atoms with Crippen LogP contribution in [0.4, 0.5) is 22.0 Å². The van der Waals surface area contributed by atoms with Crippen LogP contribution in [0.15, 0.2) is 36.7 Å². The molecule has 7 nitrogen and oxygen atoms in total. The zero-order chi connectivity index (χ0) is 25.1. The summed E-state index contributed by atoms with van der Waals surface area (Å²) >= 11 is 0. The summed E-state index contributed by atoms with van der Waals surface area (Å²) in [4.78, 5) is 27.2. The molecule has 34 heavy (non-hydrogen) atoms. The third-order valence-corrected chi connectivity index (χ3v) is 5.37. The number of pyridine rings is 1.